The molecule has 0 aliphatic carbocycles. The lowest BCUT2D eigenvalue weighted by Gasteiger charge is -2.15. The van der Waals surface area contributed by atoms with Gasteiger partial charge in [0.05, 0.1) is 16.7 Å². The molecule has 2 amide bonds. The van der Waals surface area contributed by atoms with Crippen LogP contribution in [0.3, 0.4) is 0 Å². The maximum absolute atomic E-state index is 12.7. The van der Waals surface area contributed by atoms with E-state index >= 15 is 0 Å². The van der Waals surface area contributed by atoms with Crippen LogP contribution in [0.5, 0.6) is 0 Å². The average Bonchev–Trinajstić information content (AvgIpc) is 3.13. The lowest BCUT2D eigenvalue weighted by atomic mass is 10.1. The van der Waals surface area contributed by atoms with Gasteiger partial charge in [-0.05, 0) is 31.2 Å². The predicted molar refractivity (Wildman–Crippen MR) is 85.5 cm³/mol. The van der Waals surface area contributed by atoms with Gasteiger partial charge < -0.3 is 9.73 Å². The Balaban J connectivity index is 2.03. The monoisotopic (exact) mass is 386 g/mol. The van der Waals surface area contributed by atoms with Crippen molar-refractivity contribution >= 4 is 23.2 Å². The molecule has 1 aromatic heterocycles. The smallest absolute Gasteiger partial charge is 0.416 e. The molecule has 1 unspecified atom stereocenters. The van der Waals surface area contributed by atoms with E-state index in [1.807, 2.05) is 0 Å². The van der Waals surface area contributed by atoms with Crippen LogP contribution in [0.1, 0.15) is 23.0 Å². The number of carbonyl (C=O) groups is 2. The molecule has 2 rings (SSSR count). The number of hydrogen-bond donors (Lipinski definition) is 3. The number of halogens is 3. The highest BCUT2D eigenvalue weighted by molar-refractivity contribution is 5.95. The summed E-state index contributed by atoms with van der Waals surface area (Å²) < 4.78 is 42.8. The molecular formula is C15H13F3N4O5. The Labute approximate surface area is 149 Å². The topological polar surface area (TPSA) is 127 Å². The van der Waals surface area contributed by atoms with Gasteiger partial charge in [-0.25, -0.2) is 0 Å². The van der Waals surface area contributed by atoms with Gasteiger partial charge in [0.25, 0.3) is 17.5 Å². The summed E-state index contributed by atoms with van der Waals surface area (Å²) in [6, 6.07) is 3.58. The van der Waals surface area contributed by atoms with Gasteiger partial charge in [-0.1, -0.05) is 0 Å². The molecule has 0 saturated heterocycles. The first-order valence-electron chi connectivity index (χ1n) is 7.35. The maximum Gasteiger partial charge on any atom is 0.416 e. The summed E-state index contributed by atoms with van der Waals surface area (Å²) >= 11 is 0. The van der Waals surface area contributed by atoms with Crippen molar-refractivity contribution in [2.45, 2.75) is 19.1 Å². The van der Waals surface area contributed by atoms with Crippen LogP contribution in [0.4, 0.5) is 24.5 Å². The summed E-state index contributed by atoms with van der Waals surface area (Å²) in [6.07, 6.45) is -3.48. The lowest BCUT2D eigenvalue weighted by Crippen LogP contribution is -2.46. The van der Waals surface area contributed by atoms with E-state index in [1.165, 1.54) is 25.3 Å². The zero-order chi connectivity index (χ0) is 20.2. The normalized spacial score (nSPS) is 12.1. The fourth-order valence-electron chi connectivity index (χ4n) is 1.94. The molecule has 0 spiro atoms. The molecule has 1 atom stereocenters. The van der Waals surface area contributed by atoms with Crippen LogP contribution in [0.25, 0.3) is 0 Å². The number of alkyl halides is 3. The van der Waals surface area contributed by atoms with Gasteiger partial charge in [0.2, 0.25) is 0 Å². The summed E-state index contributed by atoms with van der Waals surface area (Å²) in [5, 5.41) is 13.3. The van der Waals surface area contributed by atoms with E-state index in [9.17, 15) is 32.9 Å². The van der Waals surface area contributed by atoms with Crippen molar-refractivity contribution in [3.8, 4) is 0 Å². The Morgan fingerprint density at radius 1 is 1.26 bits per heavy atom. The van der Waals surface area contributed by atoms with E-state index < -0.39 is 40.2 Å². The number of nitrogens with one attached hydrogen (secondary N) is 3. The van der Waals surface area contributed by atoms with Crippen LogP contribution in [-0.4, -0.2) is 22.8 Å². The summed E-state index contributed by atoms with van der Waals surface area (Å²) in [5.74, 6) is -1.48. The predicted octanol–water partition coefficient (Wildman–Crippen LogP) is 2.47. The summed E-state index contributed by atoms with van der Waals surface area (Å²) in [4.78, 5) is 33.7. The number of furan rings is 1. The van der Waals surface area contributed by atoms with Crippen LogP contribution in [-0.2, 0) is 11.0 Å². The average molecular weight is 386 g/mol. The molecule has 0 bridgehead atoms. The van der Waals surface area contributed by atoms with Crippen LogP contribution >= 0.6 is 0 Å². The van der Waals surface area contributed by atoms with Crippen molar-refractivity contribution in [1.29, 1.82) is 0 Å². The molecule has 0 aliphatic heterocycles. The van der Waals surface area contributed by atoms with Crippen LogP contribution in [0, 0.1) is 10.1 Å². The molecule has 0 saturated carbocycles. The van der Waals surface area contributed by atoms with Gasteiger partial charge >= 0.3 is 6.18 Å². The van der Waals surface area contributed by atoms with Crippen molar-refractivity contribution < 1.29 is 32.1 Å². The second kappa shape index (κ2) is 7.76. The SMILES string of the molecule is CC(NC(=O)c1ccco1)C(=O)NNc1ccc(C(F)(F)F)cc1[N+](=O)[O-]. The number of nitro groups is 1. The maximum atomic E-state index is 12.7. The Hall–Kier alpha value is -3.57. The van der Waals surface area contributed by atoms with Gasteiger partial charge in [-0.15, -0.1) is 0 Å². The first-order valence-corrected chi connectivity index (χ1v) is 7.35. The number of amides is 2. The quantitative estimate of drug-likeness (QED) is 0.517. The number of hydrazine groups is 1. The molecule has 0 aliphatic rings. The largest absolute Gasteiger partial charge is 0.459 e. The Bertz CT molecular complexity index is 852. The highest BCUT2D eigenvalue weighted by Crippen LogP contribution is 2.34. The minimum atomic E-state index is -4.75. The highest BCUT2D eigenvalue weighted by Gasteiger charge is 2.33. The third kappa shape index (κ3) is 4.96. The standard InChI is InChI=1S/C15H13F3N4O5/c1-8(19-14(24)12-3-2-6-27-12)13(23)21-20-10-5-4-9(15(16,17)18)7-11(10)22(25)26/h2-8,20H,1H3,(H,19,24)(H,21,23). The number of rotatable bonds is 6. The molecule has 1 aromatic carbocycles. The summed E-state index contributed by atoms with van der Waals surface area (Å²) in [5.41, 5.74) is 1.82. The van der Waals surface area contributed by atoms with Crippen molar-refractivity contribution in [2.75, 3.05) is 5.43 Å². The third-order valence-corrected chi connectivity index (χ3v) is 3.33. The number of hydrogen-bond acceptors (Lipinski definition) is 6. The fourth-order valence-corrected chi connectivity index (χ4v) is 1.94. The Morgan fingerprint density at radius 2 is 1.96 bits per heavy atom. The van der Waals surface area contributed by atoms with Crippen molar-refractivity contribution in [2.24, 2.45) is 0 Å². The fraction of sp³-hybridized carbons (Fsp3) is 0.200. The summed E-state index contributed by atoms with van der Waals surface area (Å²) in [6.45, 7) is 1.33. The number of carbonyl (C=O) groups excluding carboxylic acids is 2. The van der Waals surface area contributed by atoms with Gasteiger partial charge in [0.1, 0.15) is 11.7 Å². The third-order valence-electron chi connectivity index (χ3n) is 3.33. The number of anilines is 1. The molecule has 144 valence electrons. The molecule has 2 aromatic rings. The molecular weight excluding hydrogens is 373 g/mol. The van der Waals surface area contributed by atoms with Gasteiger partial charge in [0.15, 0.2) is 5.76 Å². The van der Waals surface area contributed by atoms with Gasteiger partial charge in [-0.3, -0.25) is 30.6 Å². The van der Waals surface area contributed by atoms with E-state index in [4.69, 9.17) is 4.42 Å². The molecule has 9 nitrogen and oxygen atoms in total. The van der Waals surface area contributed by atoms with Crippen molar-refractivity contribution in [3.63, 3.8) is 0 Å². The molecule has 0 radical (unpaired) electrons. The van der Waals surface area contributed by atoms with E-state index in [0.717, 1.165) is 6.07 Å². The number of benzene rings is 1. The minimum Gasteiger partial charge on any atom is -0.459 e. The second-order valence-electron chi connectivity index (χ2n) is 5.27. The van der Waals surface area contributed by atoms with E-state index in [-0.39, 0.29) is 11.4 Å². The minimum absolute atomic E-state index is 0.0269. The first-order chi connectivity index (χ1) is 12.6. The lowest BCUT2D eigenvalue weighted by molar-refractivity contribution is -0.384. The van der Waals surface area contributed by atoms with Crippen LogP contribution in [0.15, 0.2) is 41.0 Å². The van der Waals surface area contributed by atoms with E-state index in [1.54, 1.807) is 0 Å². The second-order valence-corrected chi connectivity index (χ2v) is 5.27. The number of nitro benzene ring substituents is 1. The zero-order valence-electron chi connectivity index (χ0n) is 13.7. The molecule has 12 heteroatoms. The molecule has 0 fully saturated rings. The summed E-state index contributed by atoms with van der Waals surface area (Å²) in [7, 11) is 0. The Kier molecular flexibility index (Phi) is 5.68. The number of nitrogens with zero attached hydrogens (tertiary/aromatic N) is 1. The molecule has 3 N–H and O–H groups in total. The Morgan fingerprint density at radius 3 is 2.52 bits per heavy atom. The van der Waals surface area contributed by atoms with Gasteiger partial charge in [-0.2, -0.15) is 13.2 Å². The van der Waals surface area contributed by atoms with Crippen molar-refractivity contribution in [1.82, 2.24) is 10.7 Å². The molecule has 27 heavy (non-hydrogen) atoms. The van der Waals surface area contributed by atoms with E-state index in [2.05, 4.69) is 16.2 Å². The van der Waals surface area contributed by atoms with Crippen LogP contribution in [0.2, 0.25) is 0 Å². The van der Waals surface area contributed by atoms with E-state index in [0.29, 0.717) is 12.1 Å². The van der Waals surface area contributed by atoms with Crippen LogP contribution < -0.4 is 16.2 Å². The first kappa shape index (κ1) is 19.8. The van der Waals surface area contributed by atoms with Gasteiger partial charge in [0, 0.05) is 6.07 Å². The highest BCUT2D eigenvalue weighted by atomic mass is 19.4. The molecule has 1 heterocycles. The zero-order valence-corrected chi connectivity index (χ0v) is 13.7. The van der Waals surface area contributed by atoms with Crippen molar-refractivity contribution in [3.05, 3.63) is 58.0 Å².